The minimum absolute atomic E-state index is 0.0208. The number of ether oxygens (including phenoxy) is 1. The second-order valence-electron chi connectivity index (χ2n) is 7.87. The van der Waals surface area contributed by atoms with Crippen molar-refractivity contribution in [3.8, 4) is 23.3 Å². The maximum Gasteiger partial charge on any atom is 0.268 e. The molecule has 2 aromatic carbocycles. The molecule has 0 aliphatic rings. The zero-order chi connectivity index (χ0) is 25.1. The fourth-order valence-corrected chi connectivity index (χ4v) is 4.05. The highest BCUT2D eigenvalue weighted by Crippen LogP contribution is 2.32. The van der Waals surface area contributed by atoms with E-state index in [1.807, 2.05) is 18.2 Å². The molecule has 0 radical (unpaired) electrons. The summed E-state index contributed by atoms with van der Waals surface area (Å²) < 4.78 is 24.3. The summed E-state index contributed by atoms with van der Waals surface area (Å²) in [5.74, 6) is -0.598. The molecule has 0 saturated heterocycles. The molecule has 0 saturated carbocycles. The third-order valence-corrected chi connectivity index (χ3v) is 5.95. The Labute approximate surface area is 205 Å². The van der Waals surface area contributed by atoms with Gasteiger partial charge in [-0.3, -0.25) is 4.79 Å². The lowest BCUT2D eigenvalue weighted by atomic mass is 10.0. The summed E-state index contributed by atoms with van der Waals surface area (Å²) in [4.78, 5) is 16.9. The number of rotatable bonds is 6. The fourth-order valence-electron chi connectivity index (χ4n) is 3.86. The summed E-state index contributed by atoms with van der Waals surface area (Å²) in [5, 5.41) is 19.1. The SMILES string of the molecule is Cn1cncc1C(OCc1c(-c2cccc(Cl)c2)cc(C#N)c(=O)n1C)c1ccc(C#N)cc1F. The highest BCUT2D eigenvalue weighted by molar-refractivity contribution is 6.30. The smallest absolute Gasteiger partial charge is 0.268 e. The average Bonchev–Trinajstić information content (AvgIpc) is 3.28. The van der Waals surface area contributed by atoms with Crippen molar-refractivity contribution in [2.75, 3.05) is 0 Å². The van der Waals surface area contributed by atoms with Crippen LogP contribution in [0.3, 0.4) is 0 Å². The maximum absolute atomic E-state index is 15.0. The van der Waals surface area contributed by atoms with Gasteiger partial charge in [0, 0.05) is 30.2 Å². The van der Waals surface area contributed by atoms with Crippen molar-refractivity contribution < 1.29 is 9.13 Å². The van der Waals surface area contributed by atoms with E-state index >= 15 is 4.39 Å². The fraction of sp³-hybridized carbons (Fsp3) is 0.154. The minimum Gasteiger partial charge on any atom is -0.361 e. The quantitative estimate of drug-likeness (QED) is 0.395. The first kappa shape index (κ1) is 23.9. The molecule has 0 amide bonds. The van der Waals surface area contributed by atoms with Crippen molar-refractivity contribution in [2.45, 2.75) is 12.7 Å². The van der Waals surface area contributed by atoms with Gasteiger partial charge >= 0.3 is 0 Å². The molecule has 7 nitrogen and oxygen atoms in total. The van der Waals surface area contributed by atoms with E-state index in [2.05, 4.69) is 4.98 Å². The van der Waals surface area contributed by atoms with Crippen LogP contribution in [-0.4, -0.2) is 14.1 Å². The molecule has 2 heterocycles. The molecule has 174 valence electrons. The largest absolute Gasteiger partial charge is 0.361 e. The van der Waals surface area contributed by atoms with Gasteiger partial charge in [0.1, 0.15) is 23.6 Å². The van der Waals surface area contributed by atoms with E-state index in [-0.39, 0.29) is 23.3 Å². The Balaban J connectivity index is 1.82. The Kier molecular flexibility index (Phi) is 6.79. The molecular weight excluding hydrogens is 469 g/mol. The molecule has 0 fully saturated rings. The highest BCUT2D eigenvalue weighted by atomic mass is 35.5. The number of benzene rings is 2. The average molecular weight is 488 g/mol. The van der Waals surface area contributed by atoms with Crippen LogP contribution in [-0.2, 0) is 25.4 Å². The van der Waals surface area contributed by atoms with Gasteiger partial charge < -0.3 is 13.9 Å². The first-order chi connectivity index (χ1) is 16.8. The molecule has 0 aliphatic heterocycles. The molecular formula is C26H19ClFN5O2. The van der Waals surface area contributed by atoms with Gasteiger partial charge in [-0.2, -0.15) is 10.5 Å². The van der Waals surface area contributed by atoms with Crippen molar-refractivity contribution in [3.05, 3.63) is 110 Å². The normalized spacial score (nSPS) is 11.6. The molecule has 0 N–H and O–H groups in total. The number of aromatic nitrogens is 3. The van der Waals surface area contributed by atoms with Crippen molar-refractivity contribution in [1.29, 1.82) is 10.5 Å². The molecule has 2 aromatic heterocycles. The van der Waals surface area contributed by atoms with Crippen molar-refractivity contribution in [2.24, 2.45) is 14.1 Å². The number of halogens is 2. The monoisotopic (exact) mass is 487 g/mol. The third-order valence-electron chi connectivity index (χ3n) is 5.72. The lowest BCUT2D eigenvalue weighted by Crippen LogP contribution is -2.25. The van der Waals surface area contributed by atoms with Crippen LogP contribution in [0.15, 0.2) is 65.8 Å². The number of aryl methyl sites for hydroxylation is 1. The maximum atomic E-state index is 15.0. The van der Waals surface area contributed by atoms with Gasteiger partial charge in [0.05, 0.1) is 42.2 Å². The summed E-state index contributed by atoms with van der Waals surface area (Å²) in [5.41, 5.74) is 2.27. The molecule has 1 atom stereocenters. The van der Waals surface area contributed by atoms with Crippen LogP contribution in [0.2, 0.25) is 5.02 Å². The zero-order valence-corrected chi connectivity index (χ0v) is 19.6. The van der Waals surface area contributed by atoms with Crippen LogP contribution in [0.1, 0.15) is 34.2 Å². The second-order valence-corrected chi connectivity index (χ2v) is 8.31. The van der Waals surface area contributed by atoms with Gasteiger partial charge in [0.15, 0.2) is 0 Å². The second kappa shape index (κ2) is 9.94. The molecule has 35 heavy (non-hydrogen) atoms. The number of pyridine rings is 1. The lowest BCUT2D eigenvalue weighted by Gasteiger charge is -2.22. The number of nitriles is 2. The van der Waals surface area contributed by atoms with Crippen LogP contribution < -0.4 is 5.56 Å². The van der Waals surface area contributed by atoms with Crippen LogP contribution in [0, 0.1) is 28.5 Å². The highest BCUT2D eigenvalue weighted by Gasteiger charge is 2.24. The Morgan fingerprint density at radius 1 is 1.14 bits per heavy atom. The van der Waals surface area contributed by atoms with Crippen LogP contribution in [0.4, 0.5) is 4.39 Å². The predicted octanol–water partition coefficient (Wildman–Crippen LogP) is 4.63. The van der Waals surface area contributed by atoms with Crippen molar-refractivity contribution in [1.82, 2.24) is 14.1 Å². The molecule has 4 aromatic rings. The van der Waals surface area contributed by atoms with Gasteiger partial charge in [-0.15, -0.1) is 0 Å². The summed E-state index contributed by atoms with van der Waals surface area (Å²) in [7, 11) is 3.31. The van der Waals surface area contributed by atoms with Crippen LogP contribution >= 0.6 is 11.6 Å². The van der Waals surface area contributed by atoms with Gasteiger partial charge in [0.25, 0.3) is 5.56 Å². The van der Waals surface area contributed by atoms with Gasteiger partial charge in [-0.1, -0.05) is 29.8 Å². The lowest BCUT2D eigenvalue weighted by molar-refractivity contribution is 0.0563. The van der Waals surface area contributed by atoms with Crippen molar-refractivity contribution in [3.63, 3.8) is 0 Å². The van der Waals surface area contributed by atoms with E-state index < -0.39 is 17.5 Å². The van der Waals surface area contributed by atoms with Gasteiger partial charge in [-0.25, -0.2) is 9.37 Å². The Hall–Kier alpha value is -4.24. The third kappa shape index (κ3) is 4.71. The van der Waals surface area contributed by atoms with E-state index in [1.54, 1.807) is 49.4 Å². The Morgan fingerprint density at radius 3 is 2.57 bits per heavy atom. The van der Waals surface area contributed by atoms with Crippen LogP contribution in [0.25, 0.3) is 11.1 Å². The molecule has 0 aliphatic carbocycles. The zero-order valence-electron chi connectivity index (χ0n) is 18.9. The molecule has 0 bridgehead atoms. The standard InChI is InChI=1S/C26H19ClFN5O2/c1-32-15-31-13-23(32)25(20-7-6-16(11-29)8-22(20)28)35-14-24-21(17-4-3-5-19(27)9-17)10-18(12-30)26(34)33(24)2/h3-10,13,15,25H,14H2,1-2H3. The number of hydrogen-bond acceptors (Lipinski definition) is 5. The molecule has 1 unspecified atom stereocenters. The molecule has 9 heteroatoms. The number of imidazole rings is 1. The van der Waals surface area contributed by atoms with Crippen molar-refractivity contribution >= 4 is 11.6 Å². The summed E-state index contributed by atoms with van der Waals surface area (Å²) in [6, 6.07) is 16.6. The summed E-state index contributed by atoms with van der Waals surface area (Å²) in [6.45, 7) is -0.0887. The minimum atomic E-state index is -0.881. The van der Waals surface area contributed by atoms with E-state index in [4.69, 9.17) is 21.6 Å². The predicted molar refractivity (Wildman–Crippen MR) is 128 cm³/mol. The topological polar surface area (TPSA) is 96.6 Å². The first-order valence-corrected chi connectivity index (χ1v) is 10.9. The summed E-state index contributed by atoms with van der Waals surface area (Å²) in [6.07, 6.45) is 2.26. The van der Waals surface area contributed by atoms with Gasteiger partial charge in [-0.05, 0) is 35.9 Å². The number of hydrogen-bond donors (Lipinski definition) is 0. The van der Waals surface area contributed by atoms with E-state index in [9.17, 15) is 10.1 Å². The van der Waals surface area contributed by atoms with Crippen LogP contribution in [0.5, 0.6) is 0 Å². The van der Waals surface area contributed by atoms with Gasteiger partial charge in [0.2, 0.25) is 0 Å². The Morgan fingerprint density at radius 2 is 1.94 bits per heavy atom. The van der Waals surface area contributed by atoms with E-state index in [0.29, 0.717) is 27.5 Å². The van der Waals surface area contributed by atoms with E-state index in [0.717, 1.165) is 6.07 Å². The Bertz CT molecular complexity index is 1560. The number of nitrogens with zero attached hydrogens (tertiary/aromatic N) is 5. The molecule has 4 rings (SSSR count). The summed E-state index contributed by atoms with van der Waals surface area (Å²) >= 11 is 6.19. The molecule has 0 spiro atoms. The van der Waals surface area contributed by atoms with E-state index in [1.165, 1.54) is 22.8 Å². The first-order valence-electron chi connectivity index (χ1n) is 10.5.